The van der Waals surface area contributed by atoms with Gasteiger partial charge in [0.1, 0.15) is 0 Å². The Kier molecular flexibility index (Phi) is 5.65. The second-order valence-corrected chi connectivity index (χ2v) is 6.65. The standard InChI is InChI=1S/C18H25N5O2/c1-13-11-23(12-15-6-4-3-5-7-15)9-8-16(13)21-18(24)19-10-17-20-14(2)25-22-17/h3-7,13,16H,8-12H2,1-2H3,(H2,19,21,24)/t13-,16-/m1/s1. The summed E-state index contributed by atoms with van der Waals surface area (Å²) in [6.07, 6.45) is 0.947. The highest BCUT2D eigenvalue weighted by Crippen LogP contribution is 2.18. The predicted octanol–water partition coefficient (Wildman–Crippen LogP) is 2.09. The zero-order chi connectivity index (χ0) is 17.6. The van der Waals surface area contributed by atoms with Crippen LogP contribution in [-0.2, 0) is 13.1 Å². The van der Waals surface area contributed by atoms with Crippen molar-refractivity contribution >= 4 is 6.03 Å². The minimum atomic E-state index is -0.184. The number of amides is 2. The fourth-order valence-electron chi connectivity index (χ4n) is 3.22. The van der Waals surface area contributed by atoms with Gasteiger partial charge in [0.05, 0.1) is 6.54 Å². The molecular weight excluding hydrogens is 318 g/mol. The zero-order valence-electron chi connectivity index (χ0n) is 14.7. The van der Waals surface area contributed by atoms with Crippen molar-refractivity contribution in [1.82, 2.24) is 25.7 Å². The molecule has 2 heterocycles. The topological polar surface area (TPSA) is 83.3 Å². The Morgan fingerprint density at radius 2 is 2.16 bits per heavy atom. The molecule has 1 aromatic heterocycles. The molecule has 2 aromatic rings. The van der Waals surface area contributed by atoms with Gasteiger partial charge in [0.2, 0.25) is 5.89 Å². The summed E-state index contributed by atoms with van der Waals surface area (Å²) in [5.41, 5.74) is 1.33. The number of rotatable bonds is 5. The Labute approximate surface area is 147 Å². The molecule has 0 saturated carbocycles. The van der Waals surface area contributed by atoms with E-state index >= 15 is 0 Å². The van der Waals surface area contributed by atoms with Gasteiger partial charge in [-0.05, 0) is 17.9 Å². The fraction of sp³-hybridized carbons (Fsp3) is 0.500. The number of piperidine rings is 1. The largest absolute Gasteiger partial charge is 0.340 e. The maximum Gasteiger partial charge on any atom is 0.315 e. The SMILES string of the molecule is Cc1nc(CNC(=O)N[C@@H]2CCN(Cc3ccccc3)C[C@H]2C)no1. The zero-order valence-corrected chi connectivity index (χ0v) is 14.7. The Morgan fingerprint density at radius 3 is 2.84 bits per heavy atom. The third-order valence-electron chi connectivity index (χ3n) is 4.53. The van der Waals surface area contributed by atoms with Crippen LogP contribution in [0.4, 0.5) is 4.79 Å². The molecule has 0 bridgehead atoms. The summed E-state index contributed by atoms with van der Waals surface area (Å²) in [4.78, 5) is 18.6. The molecular formula is C18H25N5O2. The van der Waals surface area contributed by atoms with Crippen LogP contribution in [0.2, 0.25) is 0 Å². The molecule has 2 atom stereocenters. The van der Waals surface area contributed by atoms with Crippen molar-refractivity contribution in [2.75, 3.05) is 13.1 Å². The van der Waals surface area contributed by atoms with Gasteiger partial charge in [0.25, 0.3) is 0 Å². The first-order chi connectivity index (χ1) is 12.1. The van der Waals surface area contributed by atoms with Crippen molar-refractivity contribution in [2.45, 2.75) is 39.4 Å². The van der Waals surface area contributed by atoms with E-state index in [4.69, 9.17) is 4.52 Å². The number of likely N-dealkylation sites (tertiary alicyclic amines) is 1. The number of nitrogens with one attached hydrogen (secondary N) is 2. The third kappa shape index (κ3) is 5.03. The Morgan fingerprint density at radius 1 is 1.36 bits per heavy atom. The van der Waals surface area contributed by atoms with Crippen LogP contribution >= 0.6 is 0 Å². The predicted molar refractivity (Wildman–Crippen MR) is 93.7 cm³/mol. The summed E-state index contributed by atoms with van der Waals surface area (Å²) in [7, 11) is 0. The molecule has 3 rings (SSSR count). The van der Waals surface area contributed by atoms with Crippen LogP contribution in [-0.4, -0.2) is 40.2 Å². The molecule has 0 aliphatic carbocycles. The van der Waals surface area contributed by atoms with E-state index in [1.54, 1.807) is 6.92 Å². The van der Waals surface area contributed by atoms with E-state index < -0.39 is 0 Å². The number of carbonyl (C=O) groups excluding carboxylic acids is 1. The van der Waals surface area contributed by atoms with Gasteiger partial charge in [-0.15, -0.1) is 0 Å². The van der Waals surface area contributed by atoms with Gasteiger partial charge in [-0.25, -0.2) is 4.79 Å². The van der Waals surface area contributed by atoms with Crippen molar-refractivity contribution in [1.29, 1.82) is 0 Å². The summed E-state index contributed by atoms with van der Waals surface area (Å²) in [5.74, 6) is 1.38. The number of aromatic nitrogens is 2. The maximum atomic E-state index is 12.1. The summed E-state index contributed by atoms with van der Waals surface area (Å²) in [6.45, 7) is 7.09. The monoisotopic (exact) mass is 343 g/mol. The van der Waals surface area contributed by atoms with Gasteiger partial charge in [0.15, 0.2) is 5.82 Å². The lowest BCUT2D eigenvalue weighted by Gasteiger charge is -2.37. The number of hydrogen-bond acceptors (Lipinski definition) is 5. The second-order valence-electron chi connectivity index (χ2n) is 6.65. The van der Waals surface area contributed by atoms with Crippen LogP contribution in [0.15, 0.2) is 34.9 Å². The Bertz CT molecular complexity index is 688. The molecule has 0 unspecified atom stereocenters. The van der Waals surface area contributed by atoms with E-state index in [9.17, 15) is 4.79 Å². The molecule has 1 aliphatic rings. The van der Waals surface area contributed by atoms with Crippen LogP contribution in [0.25, 0.3) is 0 Å². The maximum absolute atomic E-state index is 12.1. The second kappa shape index (κ2) is 8.11. The average Bonchev–Trinajstić information content (AvgIpc) is 3.02. The van der Waals surface area contributed by atoms with Gasteiger partial charge in [0, 0.05) is 32.6 Å². The molecule has 1 fully saturated rings. The number of benzene rings is 1. The number of nitrogens with zero attached hydrogens (tertiary/aromatic N) is 3. The van der Waals surface area contributed by atoms with Crippen molar-refractivity contribution in [2.24, 2.45) is 5.92 Å². The Hall–Kier alpha value is -2.41. The van der Waals surface area contributed by atoms with Crippen molar-refractivity contribution in [3.8, 4) is 0 Å². The average molecular weight is 343 g/mol. The summed E-state index contributed by atoms with van der Waals surface area (Å²) in [5, 5.41) is 9.61. The summed E-state index contributed by atoms with van der Waals surface area (Å²) in [6, 6.07) is 10.5. The van der Waals surface area contributed by atoms with E-state index in [2.05, 4.69) is 56.9 Å². The molecule has 7 heteroatoms. The highest BCUT2D eigenvalue weighted by Gasteiger charge is 2.27. The number of carbonyl (C=O) groups is 1. The first-order valence-corrected chi connectivity index (χ1v) is 8.70. The van der Waals surface area contributed by atoms with Gasteiger partial charge in [-0.2, -0.15) is 4.98 Å². The first kappa shape index (κ1) is 17.4. The molecule has 1 saturated heterocycles. The summed E-state index contributed by atoms with van der Waals surface area (Å²) < 4.78 is 4.89. The lowest BCUT2D eigenvalue weighted by Crippen LogP contribution is -2.52. The van der Waals surface area contributed by atoms with Crippen LogP contribution in [0.1, 0.15) is 30.6 Å². The number of aryl methyl sites for hydroxylation is 1. The normalized spacial score (nSPS) is 21.0. The quantitative estimate of drug-likeness (QED) is 0.868. The molecule has 2 amide bonds. The molecule has 2 N–H and O–H groups in total. The van der Waals surface area contributed by atoms with Gasteiger partial charge >= 0.3 is 6.03 Å². The van der Waals surface area contributed by atoms with Crippen molar-refractivity contribution in [3.05, 3.63) is 47.6 Å². The van der Waals surface area contributed by atoms with E-state index in [0.717, 1.165) is 26.1 Å². The lowest BCUT2D eigenvalue weighted by atomic mass is 9.93. The van der Waals surface area contributed by atoms with Gasteiger partial charge in [-0.3, -0.25) is 4.90 Å². The lowest BCUT2D eigenvalue weighted by molar-refractivity contribution is 0.142. The van der Waals surface area contributed by atoms with Gasteiger partial charge in [-0.1, -0.05) is 42.4 Å². The Balaban J connectivity index is 1.42. The van der Waals surface area contributed by atoms with E-state index in [0.29, 0.717) is 17.6 Å². The fourth-order valence-corrected chi connectivity index (χ4v) is 3.22. The molecule has 0 radical (unpaired) electrons. The van der Waals surface area contributed by atoms with Crippen molar-refractivity contribution in [3.63, 3.8) is 0 Å². The highest BCUT2D eigenvalue weighted by atomic mass is 16.5. The van der Waals surface area contributed by atoms with E-state index in [-0.39, 0.29) is 18.6 Å². The van der Waals surface area contributed by atoms with Crippen LogP contribution in [0.5, 0.6) is 0 Å². The first-order valence-electron chi connectivity index (χ1n) is 8.70. The smallest absolute Gasteiger partial charge is 0.315 e. The summed E-state index contributed by atoms with van der Waals surface area (Å²) >= 11 is 0. The van der Waals surface area contributed by atoms with E-state index in [1.807, 2.05) is 6.07 Å². The molecule has 7 nitrogen and oxygen atoms in total. The minimum absolute atomic E-state index is 0.180. The molecule has 1 aliphatic heterocycles. The number of hydrogen-bond donors (Lipinski definition) is 2. The molecule has 0 spiro atoms. The molecule has 134 valence electrons. The van der Waals surface area contributed by atoms with Gasteiger partial charge < -0.3 is 15.2 Å². The molecule has 1 aromatic carbocycles. The van der Waals surface area contributed by atoms with Crippen LogP contribution in [0.3, 0.4) is 0 Å². The minimum Gasteiger partial charge on any atom is -0.340 e. The van der Waals surface area contributed by atoms with Crippen LogP contribution in [0, 0.1) is 12.8 Å². The third-order valence-corrected chi connectivity index (χ3v) is 4.53. The van der Waals surface area contributed by atoms with Crippen LogP contribution < -0.4 is 10.6 Å². The highest BCUT2D eigenvalue weighted by molar-refractivity contribution is 5.74. The molecule has 25 heavy (non-hydrogen) atoms. The van der Waals surface area contributed by atoms with Crippen molar-refractivity contribution < 1.29 is 9.32 Å². The van der Waals surface area contributed by atoms with E-state index in [1.165, 1.54) is 5.56 Å². The number of urea groups is 1.